The van der Waals surface area contributed by atoms with Crippen molar-refractivity contribution in [2.45, 2.75) is 12.6 Å². The van der Waals surface area contributed by atoms with Crippen LogP contribution in [0.15, 0.2) is 54.9 Å². The Morgan fingerprint density at radius 3 is 2.75 bits per heavy atom. The Morgan fingerprint density at radius 1 is 1.25 bits per heavy atom. The molecule has 1 fully saturated rings. The average Bonchev–Trinajstić information content (AvgIpc) is 2.61. The van der Waals surface area contributed by atoms with E-state index >= 15 is 0 Å². The highest BCUT2D eigenvalue weighted by Gasteiger charge is 2.21. The normalized spacial score (nSPS) is 18.2. The van der Waals surface area contributed by atoms with Crippen molar-refractivity contribution >= 4 is 5.91 Å². The van der Waals surface area contributed by atoms with Gasteiger partial charge < -0.3 is 15.3 Å². The number of nitrogens with one attached hydrogen (secondary N) is 1. The van der Waals surface area contributed by atoms with Gasteiger partial charge in [-0.3, -0.25) is 9.69 Å². The third-order valence-electron chi connectivity index (χ3n) is 4.03. The van der Waals surface area contributed by atoms with E-state index in [1.54, 1.807) is 0 Å². The molecule has 6 nitrogen and oxygen atoms in total. The Balaban J connectivity index is 1.48. The maximum absolute atomic E-state index is 12.1. The Kier molecular flexibility index (Phi) is 5.40. The van der Waals surface area contributed by atoms with Crippen LogP contribution in [-0.2, 0) is 11.3 Å². The van der Waals surface area contributed by atoms with E-state index < -0.39 is 0 Å². The zero-order chi connectivity index (χ0) is 16.8. The average molecular weight is 327 g/mol. The molecule has 0 saturated carbocycles. The van der Waals surface area contributed by atoms with Gasteiger partial charge in [0.05, 0.1) is 18.3 Å². The molecule has 24 heavy (non-hydrogen) atoms. The van der Waals surface area contributed by atoms with Crippen molar-refractivity contribution in [3.05, 3.63) is 71.2 Å². The van der Waals surface area contributed by atoms with Crippen LogP contribution >= 0.6 is 0 Å². The van der Waals surface area contributed by atoms with Gasteiger partial charge in [0, 0.05) is 38.3 Å². The van der Waals surface area contributed by atoms with Crippen LogP contribution in [0.2, 0.25) is 0 Å². The predicted molar refractivity (Wildman–Crippen MR) is 89.2 cm³/mol. The van der Waals surface area contributed by atoms with E-state index in [0.29, 0.717) is 23.4 Å². The number of morpholine rings is 1. The van der Waals surface area contributed by atoms with Gasteiger partial charge in [-0.1, -0.05) is 30.3 Å². The molecule has 1 aliphatic heterocycles. The third-order valence-corrected chi connectivity index (χ3v) is 4.03. The first-order valence-electron chi connectivity index (χ1n) is 8.05. The van der Waals surface area contributed by atoms with Gasteiger partial charge in [-0.25, -0.2) is 0 Å². The van der Waals surface area contributed by atoms with Gasteiger partial charge in [-0.2, -0.15) is 4.73 Å². The van der Waals surface area contributed by atoms with E-state index in [1.807, 2.05) is 18.2 Å². The Hall–Kier alpha value is -2.44. The van der Waals surface area contributed by atoms with Crippen molar-refractivity contribution in [2.75, 3.05) is 26.2 Å². The first kappa shape index (κ1) is 16.4. The van der Waals surface area contributed by atoms with Crippen LogP contribution in [0.3, 0.4) is 0 Å². The minimum atomic E-state index is -0.195. The minimum absolute atomic E-state index is 0.0282. The first-order valence-corrected chi connectivity index (χ1v) is 8.05. The highest BCUT2D eigenvalue weighted by Crippen LogP contribution is 2.10. The van der Waals surface area contributed by atoms with Gasteiger partial charge in [-0.05, 0) is 5.56 Å². The maximum Gasteiger partial charge on any atom is 0.251 e. The molecule has 1 aromatic heterocycles. The summed E-state index contributed by atoms with van der Waals surface area (Å²) in [6, 6.07) is 13.3. The van der Waals surface area contributed by atoms with Crippen LogP contribution in [0, 0.1) is 5.21 Å². The van der Waals surface area contributed by atoms with Crippen molar-refractivity contribution in [1.29, 1.82) is 0 Å². The lowest BCUT2D eigenvalue weighted by Gasteiger charge is -2.33. The number of carbonyl (C=O) groups excluding carboxylic acids is 1. The summed E-state index contributed by atoms with van der Waals surface area (Å²) in [5.74, 6) is -0.195. The number of aromatic nitrogens is 1. The van der Waals surface area contributed by atoms with E-state index in [9.17, 15) is 10.0 Å². The lowest BCUT2D eigenvalue weighted by atomic mass is 10.2. The third kappa shape index (κ3) is 4.53. The summed E-state index contributed by atoms with van der Waals surface area (Å²) in [7, 11) is 0. The fourth-order valence-corrected chi connectivity index (χ4v) is 2.76. The highest BCUT2D eigenvalue weighted by molar-refractivity contribution is 5.93. The second kappa shape index (κ2) is 7.90. The zero-order valence-corrected chi connectivity index (χ0v) is 13.4. The second-order valence-corrected chi connectivity index (χ2v) is 5.87. The Morgan fingerprint density at radius 2 is 2.00 bits per heavy atom. The molecule has 0 bridgehead atoms. The molecule has 0 aliphatic carbocycles. The molecule has 1 aromatic carbocycles. The molecule has 0 radical (unpaired) electrons. The molecular weight excluding hydrogens is 306 g/mol. The minimum Gasteiger partial charge on any atom is -0.619 e. The monoisotopic (exact) mass is 327 g/mol. The van der Waals surface area contributed by atoms with Crippen molar-refractivity contribution in [3.8, 4) is 0 Å². The smallest absolute Gasteiger partial charge is 0.251 e. The van der Waals surface area contributed by atoms with Crippen molar-refractivity contribution < 1.29 is 14.3 Å². The van der Waals surface area contributed by atoms with Crippen LogP contribution in [0.5, 0.6) is 0 Å². The molecule has 3 rings (SSSR count). The lowest BCUT2D eigenvalue weighted by molar-refractivity contribution is -0.605. The van der Waals surface area contributed by atoms with Crippen LogP contribution in [0.4, 0.5) is 0 Å². The predicted octanol–water partition coefficient (Wildman–Crippen LogP) is 0.951. The molecule has 1 amide bonds. The number of hydrogen-bond acceptors (Lipinski definition) is 4. The van der Waals surface area contributed by atoms with E-state index in [2.05, 4.69) is 22.3 Å². The van der Waals surface area contributed by atoms with Gasteiger partial charge in [0.1, 0.15) is 0 Å². The molecule has 126 valence electrons. The molecule has 1 unspecified atom stereocenters. The Bertz CT molecular complexity index is 661. The number of carbonyl (C=O) groups is 1. The molecule has 1 atom stereocenters. The molecule has 1 N–H and O–H groups in total. The van der Waals surface area contributed by atoms with Crippen LogP contribution < -0.4 is 10.0 Å². The van der Waals surface area contributed by atoms with Gasteiger partial charge in [-0.15, -0.1) is 0 Å². The number of ether oxygens (including phenoxy) is 1. The second-order valence-electron chi connectivity index (χ2n) is 5.87. The zero-order valence-electron chi connectivity index (χ0n) is 13.4. The van der Waals surface area contributed by atoms with Crippen molar-refractivity contribution in [2.24, 2.45) is 0 Å². The summed E-state index contributed by atoms with van der Waals surface area (Å²) in [5, 5.41) is 13.9. The quantitative estimate of drug-likeness (QED) is 0.656. The number of nitrogens with zero attached hydrogens (tertiary/aromatic N) is 2. The number of benzene rings is 1. The summed E-state index contributed by atoms with van der Waals surface area (Å²) in [5.41, 5.74) is 1.75. The van der Waals surface area contributed by atoms with Crippen LogP contribution in [0.25, 0.3) is 0 Å². The summed E-state index contributed by atoms with van der Waals surface area (Å²) < 4.78 is 6.40. The van der Waals surface area contributed by atoms with E-state index in [-0.39, 0.29) is 12.0 Å². The Labute approximate surface area is 141 Å². The highest BCUT2D eigenvalue weighted by atomic mass is 16.5. The SMILES string of the molecule is O=C(NCC1CN(Cc2ccccc2)CCO1)c1cc[n+]([O-])cc1. The van der Waals surface area contributed by atoms with Crippen molar-refractivity contribution in [3.63, 3.8) is 0 Å². The largest absolute Gasteiger partial charge is 0.619 e. The summed E-state index contributed by atoms with van der Waals surface area (Å²) in [6.07, 6.45) is 2.60. The summed E-state index contributed by atoms with van der Waals surface area (Å²) in [4.78, 5) is 14.4. The fraction of sp³-hybridized carbons (Fsp3) is 0.333. The molecule has 2 heterocycles. The lowest BCUT2D eigenvalue weighted by Crippen LogP contribution is -2.47. The molecule has 6 heteroatoms. The van der Waals surface area contributed by atoms with Gasteiger partial charge in [0.2, 0.25) is 0 Å². The topological polar surface area (TPSA) is 68.5 Å². The van der Waals surface area contributed by atoms with Gasteiger partial charge >= 0.3 is 0 Å². The van der Waals surface area contributed by atoms with Gasteiger partial charge in [0.25, 0.3) is 5.91 Å². The van der Waals surface area contributed by atoms with E-state index in [0.717, 1.165) is 19.6 Å². The van der Waals surface area contributed by atoms with Gasteiger partial charge in [0.15, 0.2) is 12.4 Å². The summed E-state index contributed by atoms with van der Waals surface area (Å²) in [6.45, 7) is 3.67. The number of amides is 1. The first-order chi connectivity index (χ1) is 11.7. The van der Waals surface area contributed by atoms with Crippen LogP contribution in [-0.4, -0.2) is 43.2 Å². The van der Waals surface area contributed by atoms with Crippen LogP contribution in [0.1, 0.15) is 15.9 Å². The molecular formula is C18H21N3O3. The number of rotatable bonds is 5. The standard InChI is InChI=1S/C18H21N3O3/c22-18(16-6-8-21(23)9-7-16)19-12-17-14-20(10-11-24-17)13-15-4-2-1-3-5-15/h1-9,17H,10-14H2,(H,19,22). The van der Waals surface area contributed by atoms with E-state index in [1.165, 1.54) is 30.1 Å². The fourth-order valence-electron chi connectivity index (χ4n) is 2.76. The van der Waals surface area contributed by atoms with E-state index in [4.69, 9.17) is 4.74 Å². The molecule has 2 aromatic rings. The molecule has 1 aliphatic rings. The molecule has 1 saturated heterocycles. The molecule has 0 spiro atoms. The number of hydrogen-bond donors (Lipinski definition) is 1. The summed E-state index contributed by atoms with van der Waals surface area (Å²) >= 11 is 0. The van der Waals surface area contributed by atoms with Crippen molar-refractivity contribution in [1.82, 2.24) is 10.2 Å². The number of pyridine rings is 1. The maximum atomic E-state index is 12.1.